The number of aromatic amines is 1. The molecular weight excluding hydrogens is 298 g/mol. The van der Waals surface area contributed by atoms with Crippen LogP contribution in [0.15, 0.2) is 35.7 Å². The second kappa shape index (κ2) is 6.23. The summed E-state index contributed by atoms with van der Waals surface area (Å²) in [6, 6.07) is 6.05. The van der Waals surface area contributed by atoms with Crippen LogP contribution in [0.25, 0.3) is 11.0 Å². The van der Waals surface area contributed by atoms with Gasteiger partial charge in [-0.15, -0.1) is 0 Å². The van der Waals surface area contributed by atoms with E-state index >= 15 is 0 Å². The number of aromatic nitrogens is 4. The molecule has 0 aliphatic rings. The molecule has 0 unspecified atom stereocenters. The molecule has 6 nitrogen and oxygen atoms in total. The van der Waals surface area contributed by atoms with Gasteiger partial charge >= 0.3 is 0 Å². The molecule has 22 heavy (non-hydrogen) atoms. The van der Waals surface area contributed by atoms with Crippen molar-refractivity contribution in [2.75, 3.05) is 5.75 Å². The average molecular weight is 315 g/mol. The molecule has 1 aromatic carbocycles. The highest BCUT2D eigenvalue weighted by molar-refractivity contribution is 7.99. The number of hydrogen-bond acceptors (Lipinski definition) is 4. The van der Waals surface area contributed by atoms with Crippen molar-refractivity contribution in [3.8, 4) is 0 Å². The number of carbonyl (C=O) groups excluding carboxylic acids is 1. The Morgan fingerprint density at radius 1 is 1.45 bits per heavy atom. The first-order chi connectivity index (χ1) is 10.6. The van der Waals surface area contributed by atoms with E-state index in [2.05, 4.69) is 20.3 Å². The number of amides is 1. The summed E-state index contributed by atoms with van der Waals surface area (Å²) in [5.74, 6) is 1.12. The van der Waals surface area contributed by atoms with Crippen molar-refractivity contribution in [1.82, 2.24) is 24.8 Å². The molecule has 7 heteroatoms. The van der Waals surface area contributed by atoms with Crippen LogP contribution < -0.4 is 5.32 Å². The third-order valence-electron chi connectivity index (χ3n) is 3.32. The minimum Gasteiger partial charge on any atom is -0.348 e. The van der Waals surface area contributed by atoms with Gasteiger partial charge in [0.05, 0.1) is 23.3 Å². The normalized spacial score (nSPS) is 11.0. The van der Waals surface area contributed by atoms with E-state index in [1.54, 1.807) is 6.20 Å². The van der Waals surface area contributed by atoms with Gasteiger partial charge in [-0.25, -0.2) is 9.97 Å². The summed E-state index contributed by atoms with van der Waals surface area (Å²) in [5, 5.41) is 3.61. The summed E-state index contributed by atoms with van der Waals surface area (Å²) >= 11 is 1.40. The van der Waals surface area contributed by atoms with Gasteiger partial charge in [0.25, 0.3) is 0 Å². The van der Waals surface area contributed by atoms with Crippen LogP contribution in [0.4, 0.5) is 0 Å². The molecule has 114 valence electrons. The fourth-order valence-corrected chi connectivity index (χ4v) is 2.81. The predicted molar refractivity (Wildman–Crippen MR) is 86.6 cm³/mol. The van der Waals surface area contributed by atoms with Crippen LogP contribution >= 0.6 is 11.8 Å². The Morgan fingerprint density at radius 3 is 3.09 bits per heavy atom. The molecule has 0 saturated carbocycles. The van der Waals surface area contributed by atoms with Crippen molar-refractivity contribution in [1.29, 1.82) is 0 Å². The Bertz CT molecular complexity index is 807. The second-order valence-electron chi connectivity index (χ2n) is 5.08. The third-order valence-corrected chi connectivity index (χ3v) is 4.19. The average Bonchev–Trinajstić information content (AvgIpc) is 3.08. The van der Waals surface area contributed by atoms with Crippen LogP contribution in [0, 0.1) is 6.92 Å². The maximum atomic E-state index is 11.9. The zero-order chi connectivity index (χ0) is 15.5. The van der Waals surface area contributed by atoms with Gasteiger partial charge in [-0.2, -0.15) is 0 Å². The molecule has 0 aliphatic carbocycles. The first-order valence-electron chi connectivity index (χ1n) is 6.94. The largest absolute Gasteiger partial charge is 0.348 e. The van der Waals surface area contributed by atoms with Gasteiger partial charge in [0.15, 0.2) is 5.16 Å². The zero-order valence-electron chi connectivity index (χ0n) is 12.5. The molecule has 3 aromatic rings. The predicted octanol–water partition coefficient (Wildman–Crippen LogP) is 2.01. The standard InChI is InChI=1S/C15H17N5OS/c1-10-3-4-11-12(7-10)19-15(18-11)22-9-14(21)17-8-13-16-5-6-20(13)2/h3-7H,8-9H2,1-2H3,(H,17,21)(H,18,19). The molecule has 2 heterocycles. The summed E-state index contributed by atoms with van der Waals surface area (Å²) in [7, 11) is 1.90. The van der Waals surface area contributed by atoms with Crippen LogP contribution in [-0.4, -0.2) is 31.2 Å². The van der Waals surface area contributed by atoms with Crippen LogP contribution in [0.3, 0.4) is 0 Å². The minimum absolute atomic E-state index is 0.0374. The number of nitrogens with one attached hydrogen (secondary N) is 2. The SMILES string of the molecule is Cc1ccc2nc(SCC(=O)NCc3nccn3C)[nH]c2c1. The maximum absolute atomic E-state index is 11.9. The van der Waals surface area contributed by atoms with E-state index in [9.17, 15) is 4.79 Å². The Labute approximate surface area is 132 Å². The number of thioether (sulfide) groups is 1. The number of benzene rings is 1. The van der Waals surface area contributed by atoms with Crippen molar-refractivity contribution in [2.24, 2.45) is 7.05 Å². The van der Waals surface area contributed by atoms with E-state index in [4.69, 9.17) is 0 Å². The lowest BCUT2D eigenvalue weighted by molar-refractivity contribution is -0.118. The fraction of sp³-hybridized carbons (Fsp3) is 0.267. The van der Waals surface area contributed by atoms with E-state index in [1.165, 1.54) is 17.3 Å². The van der Waals surface area contributed by atoms with Gasteiger partial charge in [0.2, 0.25) is 5.91 Å². The lowest BCUT2D eigenvalue weighted by Crippen LogP contribution is -2.26. The highest BCUT2D eigenvalue weighted by atomic mass is 32.2. The van der Waals surface area contributed by atoms with Crippen LogP contribution in [-0.2, 0) is 18.4 Å². The molecule has 0 radical (unpaired) electrons. The summed E-state index contributed by atoms with van der Waals surface area (Å²) in [4.78, 5) is 23.7. The highest BCUT2D eigenvalue weighted by Crippen LogP contribution is 2.20. The third kappa shape index (κ3) is 3.30. The van der Waals surface area contributed by atoms with Crippen molar-refractivity contribution in [3.05, 3.63) is 42.0 Å². The first-order valence-corrected chi connectivity index (χ1v) is 7.92. The minimum atomic E-state index is -0.0374. The molecule has 2 aromatic heterocycles. The first kappa shape index (κ1) is 14.6. The molecular formula is C15H17N5OS. The number of imidazole rings is 2. The van der Waals surface area contributed by atoms with E-state index in [1.807, 2.05) is 42.9 Å². The van der Waals surface area contributed by atoms with Gasteiger partial charge in [0, 0.05) is 19.4 Å². The summed E-state index contributed by atoms with van der Waals surface area (Å²) in [5.41, 5.74) is 3.10. The van der Waals surface area contributed by atoms with Gasteiger partial charge < -0.3 is 14.9 Å². The molecule has 0 aliphatic heterocycles. The number of hydrogen-bond donors (Lipinski definition) is 2. The van der Waals surface area contributed by atoms with Gasteiger partial charge in [0.1, 0.15) is 5.82 Å². The van der Waals surface area contributed by atoms with Crippen molar-refractivity contribution in [3.63, 3.8) is 0 Å². The summed E-state index contributed by atoms with van der Waals surface area (Å²) in [6.07, 6.45) is 3.57. The molecule has 3 rings (SSSR count). The molecule has 0 atom stereocenters. The van der Waals surface area contributed by atoms with Crippen LogP contribution in [0.5, 0.6) is 0 Å². The van der Waals surface area contributed by atoms with Crippen LogP contribution in [0.1, 0.15) is 11.4 Å². The van der Waals surface area contributed by atoms with Crippen molar-refractivity contribution >= 4 is 28.7 Å². The Morgan fingerprint density at radius 2 is 2.32 bits per heavy atom. The molecule has 2 N–H and O–H groups in total. The number of carbonyl (C=O) groups is 1. The van der Waals surface area contributed by atoms with E-state index in [-0.39, 0.29) is 5.91 Å². The number of nitrogens with zero attached hydrogens (tertiary/aromatic N) is 3. The van der Waals surface area contributed by atoms with Gasteiger partial charge in [-0.3, -0.25) is 4.79 Å². The lowest BCUT2D eigenvalue weighted by atomic mass is 10.2. The molecule has 0 saturated heterocycles. The summed E-state index contributed by atoms with van der Waals surface area (Å²) < 4.78 is 1.88. The van der Waals surface area contributed by atoms with Crippen molar-refractivity contribution in [2.45, 2.75) is 18.6 Å². The Kier molecular flexibility index (Phi) is 4.15. The number of aryl methyl sites for hydroxylation is 2. The number of H-pyrrole nitrogens is 1. The monoisotopic (exact) mass is 315 g/mol. The van der Waals surface area contributed by atoms with E-state index < -0.39 is 0 Å². The maximum Gasteiger partial charge on any atom is 0.230 e. The van der Waals surface area contributed by atoms with Crippen molar-refractivity contribution < 1.29 is 4.79 Å². The molecule has 0 bridgehead atoms. The molecule has 1 amide bonds. The topological polar surface area (TPSA) is 75.6 Å². The number of fused-ring (bicyclic) bond motifs is 1. The quantitative estimate of drug-likeness (QED) is 0.706. The Hall–Kier alpha value is -2.28. The van der Waals surface area contributed by atoms with E-state index in [0.717, 1.165) is 22.0 Å². The fourth-order valence-electron chi connectivity index (χ4n) is 2.10. The van der Waals surface area contributed by atoms with E-state index in [0.29, 0.717) is 12.3 Å². The highest BCUT2D eigenvalue weighted by Gasteiger charge is 2.08. The zero-order valence-corrected chi connectivity index (χ0v) is 13.3. The molecule has 0 fully saturated rings. The smallest absolute Gasteiger partial charge is 0.230 e. The number of rotatable bonds is 5. The Balaban J connectivity index is 1.54. The van der Waals surface area contributed by atoms with Gasteiger partial charge in [-0.1, -0.05) is 17.8 Å². The van der Waals surface area contributed by atoms with Gasteiger partial charge in [-0.05, 0) is 24.6 Å². The second-order valence-corrected chi connectivity index (χ2v) is 6.05. The lowest BCUT2D eigenvalue weighted by Gasteiger charge is -2.04. The summed E-state index contributed by atoms with van der Waals surface area (Å²) in [6.45, 7) is 2.47. The molecule has 0 spiro atoms. The van der Waals surface area contributed by atoms with Crippen LogP contribution in [0.2, 0.25) is 0 Å².